The van der Waals surface area contributed by atoms with Crippen molar-refractivity contribution in [2.75, 3.05) is 81.5 Å². The largest absolute Gasteiger partial charge is 0.377 e. The number of rotatable bonds is 7. The first-order valence-corrected chi connectivity index (χ1v) is 26.5. The minimum atomic E-state index is -0.136. The number of morpholine rings is 3. The van der Waals surface area contributed by atoms with Crippen LogP contribution < -0.4 is 25.3 Å². The Bertz CT molecular complexity index is 3020. The fourth-order valence-electron chi connectivity index (χ4n) is 11.6. The van der Waals surface area contributed by atoms with Gasteiger partial charge in [0.1, 0.15) is 11.6 Å². The minimum absolute atomic E-state index is 0.0235. The van der Waals surface area contributed by atoms with Gasteiger partial charge in [-0.3, -0.25) is 9.59 Å². The van der Waals surface area contributed by atoms with E-state index in [-0.39, 0.29) is 22.7 Å². The molecule has 2 aliphatic carbocycles. The average molecular weight is 1010 g/mol. The number of hydrogen-bond donors (Lipinski definition) is 2. The van der Waals surface area contributed by atoms with Crippen LogP contribution in [0.4, 0.5) is 17.6 Å². The van der Waals surface area contributed by atoms with E-state index in [1.165, 1.54) is 32.1 Å². The molecule has 0 radical (unpaired) electrons. The number of nitrogens with zero attached hydrogens (tertiary/aromatic N) is 9. The summed E-state index contributed by atoms with van der Waals surface area (Å²) in [5.74, 6) is 2.26. The number of benzene rings is 2. The van der Waals surface area contributed by atoms with E-state index in [1.54, 1.807) is 20.2 Å². The van der Waals surface area contributed by atoms with Gasteiger partial charge in [-0.15, -0.1) is 0 Å². The Morgan fingerprint density at radius 1 is 0.589 bits per heavy atom. The maximum atomic E-state index is 12.2. The Labute approximate surface area is 429 Å². The summed E-state index contributed by atoms with van der Waals surface area (Å²) in [6.45, 7) is 6.19. The van der Waals surface area contributed by atoms with Gasteiger partial charge in [-0.25, -0.2) is 9.97 Å². The first kappa shape index (κ1) is 47.9. The van der Waals surface area contributed by atoms with Crippen LogP contribution in [-0.4, -0.2) is 144 Å². The molecule has 8 fully saturated rings. The van der Waals surface area contributed by atoms with Gasteiger partial charge in [0.2, 0.25) is 11.2 Å². The van der Waals surface area contributed by atoms with Crippen molar-refractivity contribution in [2.45, 2.75) is 106 Å². The van der Waals surface area contributed by atoms with Gasteiger partial charge >= 0.3 is 0 Å². The summed E-state index contributed by atoms with van der Waals surface area (Å²) in [7, 11) is 3.25. The third-order valence-corrected chi connectivity index (χ3v) is 16.1. The van der Waals surface area contributed by atoms with Crippen LogP contribution in [0.15, 0.2) is 72.8 Å². The van der Waals surface area contributed by atoms with E-state index >= 15 is 0 Å². The molecule has 4 bridgehead atoms. The number of aromatic nitrogens is 6. The van der Waals surface area contributed by atoms with Crippen LogP contribution in [0.5, 0.6) is 0 Å². The third kappa shape index (κ3) is 9.77. The molecular weight excluding hydrogens is 946 g/mol. The molecule has 2 amide bonds. The van der Waals surface area contributed by atoms with Crippen molar-refractivity contribution < 1.29 is 28.5 Å². The number of pyridine rings is 2. The Morgan fingerprint density at radius 2 is 1.11 bits per heavy atom. The molecule has 2 spiro atoms. The highest BCUT2D eigenvalue weighted by Gasteiger charge is 2.49. The Balaban J connectivity index is 0.000000131. The van der Waals surface area contributed by atoms with E-state index in [0.717, 1.165) is 122 Å². The van der Waals surface area contributed by atoms with Crippen LogP contribution in [0.25, 0.3) is 44.6 Å². The first-order chi connectivity index (χ1) is 35.7. The summed E-state index contributed by atoms with van der Waals surface area (Å²) >= 11 is 6.27. The molecule has 2 aromatic carbocycles. The standard InChI is InChI=1S/C27H30N6O3.C21H20ClN5O2.C7H12O/c1-28-25(34)18-4-2-3-17(13-18)22-8-7-21-23(29-22)30-26(32-11-12-36-27(16-32)9-10-27)31-24(21)33-19-5-6-20(33)15-35-14-19;1-23-20(28)13-4-2-3-12(9-13)17-8-7-16-18(24-17)25-21(22)26-19(16)27-14-5-6-15(27)11-29-10-14;1-2-6-8-7(3-1)4-5-7/h2-4,7-8,13,19-20H,5-6,9-12,14-16H2,1H3,(H,28,34);2-4,7-9,14-15H,5-6,10-11H2,1H3,(H,23,28);1-6H2. The van der Waals surface area contributed by atoms with Crippen molar-refractivity contribution in [3.8, 4) is 22.5 Å². The Morgan fingerprint density at radius 3 is 1.60 bits per heavy atom. The van der Waals surface area contributed by atoms with E-state index < -0.39 is 0 Å². The number of halogens is 1. The number of anilines is 3. The molecule has 6 aromatic rings. The van der Waals surface area contributed by atoms with Crippen molar-refractivity contribution in [1.29, 1.82) is 0 Å². The van der Waals surface area contributed by atoms with Gasteiger partial charge < -0.3 is 44.3 Å². The smallest absolute Gasteiger partial charge is 0.251 e. The van der Waals surface area contributed by atoms with E-state index in [1.807, 2.05) is 60.7 Å². The fourth-order valence-corrected chi connectivity index (χ4v) is 11.7. The highest BCUT2D eigenvalue weighted by molar-refractivity contribution is 6.28. The van der Waals surface area contributed by atoms with Crippen LogP contribution in [0.2, 0.25) is 5.28 Å². The van der Waals surface area contributed by atoms with Gasteiger partial charge in [0.15, 0.2) is 11.3 Å². The second-order valence-electron chi connectivity index (χ2n) is 20.7. The van der Waals surface area contributed by atoms with Crippen molar-refractivity contribution >= 4 is 63.1 Å². The molecule has 8 aliphatic rings. The van der Waals surface area contributed by atoms with Gasteiger partial charge in [0, 0.05) is 56.0 Å². The summed E-state index contributed by atoms with van der Waals surface area (Å²) in [5, 5.41) is 7.35. The van der Waals surface area contributed by atoms with Gasteiger partial charge in [0.25, 0.3) is 11.8 Å². The second-order valence-corrected chi connectivity index (χ2v) is 21.1. The molecule has 4 unspecified atom stereocenters. The molecular formula is C55H62ClN11O6. The summed E-state index contributed by atoms with van der Waals surface area (Å²) in [6.07, 6.45) is 13.3. The van der Waals surface area contributed by atoms with Crippen LogP contribution in [-0.2, 0) is 18.9 Å². The van der Waals surface area contributed by atoms with Crippen LogP contribution >= 0.6 is 11.6 Å². The Kier molecular flexibility index (Phi) is 13.1. The van der Waals surface area contributed by atoms with Crippen LogP contribution in [0, 0.1) is 0 Å². The van der Waals surface area contributed by atoms with Crippen LogP contribution in [0.3, 0.4) is 0 Å². The van der Waals surface area contributed by atoms with E-state index in [9.17, 15) is 9.59 Å². The Hall–Kier alpha value is -6.11. The molecule has 380 valence electrons. The van der Waals surface area contributed by atoms with Gasteiger partial charge in [-0.1, -0.05) is 24.3 Å². The number of hydrogen-bond acceptors (Lipinski definition) is 15. The minimum Gasteiger partial charge on any atom is -0.377 e. The molecule has 18 heteroatoms. The van der Waals surface area contributed by atoms with E-state index in [4.69, 9.17) is 50.5 Å². The molecule has 10 heterocycles. The summed E-state index contributed by atoms with van der Waals surface area (Å²) in [6, 6.07) is 24.2. The van der Waals surface area contributed by atoms with E-state index in [2.05, 4.69) is 41.4 Å². The van der Waals surface area contributed by atoms with Crippen LogP contribution in [0.1, 0.15) is 91.3 Å². The monoisotopic (exact) mass is 1010 g/mol. The summed E-state index contributed by atoms with van der Waals surface area (Å²) in [5.41, 5.74) is 6.07. The highest BCUT2D eigenvalue weighted by atomic mass is 35.5. The predicted octanol–water partition coefficient (Wildman–Crippen LogP) is 7.58. The molecule has 4 aromatic heterocycles. The van der Waals surface area contributed by atoms with Gasteiger partial charge in [-0.2, -0.15) is 19.9 Å². The number of carbonyl (C=O) groups is 2. The first-order valence-electron chi connectivity index (χ1n) is 26.1. The molecule has 4 atom stereocenters. The molecule has 2 saturated carbocycles. The molecule has 2 N–H and O–H groups in total. The third-order valence-electron chi connectivity index (χ3n) is 15.9. The van der Waals surface area contributed by atoms with Crippen molar-refractivity contribution in [1.82, 2.24) is 40.5 Å². The lowest BCUT2D eigenvalue weighted by molar-refractivity contribution is -0.00395. The molecule has 6 saturated heterocycles. The number of carbonyl (C=O) groups excluding carboxylic acids is 2. The lowest BCUT2D eigenvalue weighted by Crippen LogP contribution is -2.47. The van der Waals surface area contributed by atoms with Gasteiger partial charge in [-0.05, 0) is 131 Å². The lowest BCUT2D eigenvalue weighted by atomic mass is 10.1. The number of ether oxygens (including phenoxy) is 4. The normalized spacial score (nSPS) is 23.9. The highest BCUT2D eigenvalue weighted by Crippen LogP contribution is 2.46. The molecule has 73 heavy (non-hydrogen) atoms. The van der Waals surface area contributed by atoms with Gasteiger partial charge in [0.05, 0.1) is 90.6 Å². The maximum absolute atomic E-state index is 12.2. The summed E-state index contributed by atoms with van der Waals surface area (Å²) in [4.78, 5) is 60.0. The lowest BCUT2D eigenvalue weighted by Gasteiger charge is -2.37. The summed E-state index contributed by atoms with van der Waals surface area (Å²) < 4.78 is 23.2. The molecule has 6 aliphatic heterocycles. The van der Waals surface area contributed by atoms with Crippen molar-refractivity contribution in [2.24, 2.45) is 0 Å². The zero-order valence-corrected chi connectivity index (χ0v) is 42.3. The van der Waals surface area contributed by atoms with Crippen molar-refractivity contribution in [3.63, 3.8) is 0 Å². The SMILES string of the molecule is C1CCC2(CC2)OC1.CNC(=O)c1cccc(-c2ccc3c(N4C5CCC4COC5)nc(Cl)nc3n2)c1.CNC(=O)c1cccc(-c2ccc3c(N4C5CCC4COC5)nc(N4CCOC5(CC5)C4)nc3n2)c1. The second kappa shape index (κ2) is 20.0. The fraction of sp³-hybridized carbons (Fsp3) is 0.491. The molecule has 17 nitrogen and oxygen atoms in total. The maximum Gasteiger partial charge on any atom is 0.251 e. The zero-order chi connectivity index (χ0) is 49.7. The number of fused-ring (bicyclic) bond motifs is 6. The predicted molar refractivity (Wildman–Crippen MR) is 279 cm³/mol. The quantitative estimate of drug-likeness (QED) is 0.149. The number of amides is 2. The topological polar surface area (TPSA) is 182 Å². The molecule has 14 rings (SSSR count). The van der Waals surface area contributed by atoms with Crippen molar-refractivity contribution in [3.05, 3.63) is 89.2 Å². The average Bonchev–Trinajstić information content (AvgIpc) is 4.34. The zero-order valence-electron chi connectivity index (χ0n) is 41.5. The number of nitrogens with one attached hydrogen (secondary N) is 2. The van der Waals surface area contributed by atoms with E-state index in [0.29, 0.717) is 72.0 Å².